The summed E-state index contributed by atoms with van der Waals surface area (Å²) in [6, 6.07) is -2.05. The maximum atomic E-state index is 13.2. The molecule has 1 saturated carbocycles. The molecule has 4 atom stereocenters. The lowest BCUT2D eigenvalue weighted by Crippen LogP contribution is -2.60. The van der Waals surface area contributed by atoms with Crippen molar-refractivity contribution in [2.45, 2.75) is 73.0 Å². The Morgan fingerprint density at radius 3 is 2.08 bits per heavy atom. The minimum atomic E-state index is -0.969. The maximum absolute atomic E-state index is 13.2. The number of rotatable bonds is 3. The SMILES string of the molecule is CC(C)(C)NC(=O)N[C@H](C(=O)N1CC2C([C@H]1C(=O)O)C2(C)C)C(C)(C)C. The third-order valence-electron chi connectivity index (χ3n) is 5.62. The fraction of sp³-hybridized carbons (Fsp3) is 0.842. The van der Waals surface area contributed by atoms with Gasteiger partial charge >= 0.3 is 12.0 Å². The van der Waals surface area contributed by atoms with Crippen LogP contribution in [0.4, 0.5) is 4.79 Å². The second-order valence-electron chi connectivity index (χ2n) is 10.4. The second-order valence-corrected chi connectivity index (χ2v) is 10.4. The number of nitrogens with zero attached hydrogens (tertiary/aromatic N) is 1. The van der Waals surface area contributed by atoms with E-state index in [9.17, 15) is 19.5 Å². The van der Waals surface area contributed by atoms with E-state index in [1.165, 1.54) is 4.90 Å². The average Bonchev–Trinajstić information content (AvgIpc) is 2.81. The molecule has 7 nitrogen and oxygen atoms in total. The number of carboxylic acid groups (broad SMARTS) is 1. The number of carbonyl (C=O) groups excluding carboxylic acids is 2. The Balaban J connectivity index is 2.20. The third-order valence-corrected chi connectivity index (χ3v) is 5.62. The van der Waals surface area contributed by atoms with Crippen LogP contribution in [0.3, 0.4) is 0 Å². The highest BCUT2D eigenvalue weighted by Gasteiger charge is 2.70. The summed E-state index contributed by atoms with van der Waals surface area (Å²) in [5.74, 6) is -1.11. The number of carboxylic acids is 1. The Morgan fingerprint density at radius 1 is 1.12 bits per heavy atom. The van der Waals surface area contributed by atoms with Crippen molar-refractivity contribution in [1.82, 2.24) is 15.5 Å². The normalized spacial score (nSPS) is 28.2. The van der Waals surface area contributed by atoms with Crippen LogP contribution in [0.25, 0.3) is 0 Å². The number of hydrogen-bond acceptors (Lipinski definition) is 3. The van der Waals surface area contributed by atoms with Gasteiger partial charge in [0.15, 0.2) is 0 Å². The van der Waals surface area contributed by atoms with Crippen molar-refractivity contribution in [3.8, 4) is 0 Å². The number of carbonyl (C=O) groups is 3. The molecule has 0 aromatic heterocycles. The first-order chi connectivity index (χ1) is 11.6. The minimum absolute atomic E-state index is 0.0204. The molecule has 2 fully saturated rings. The lowest BCUT2D eigenvalue weighted by molar-refractivity contribution is -0.152. The molecule has 1 aliphatic carbocycles. The van der Waals surface area contributed by atoms with Crippen LogP contribution in [0.5, 0.6) is 0 Å². The first kappa shape index (κ1) is 20.5. The van der Waals surface area contributed by atoms with Gasteiger partial charge in [-0.15, -0.1) is 0 Å². The number of aliphatic carboxylic acids is 1. The van der Waals surface area contributed by atoms with Gasteiger partial charge in [0.1, 0.15) is 12.1 Å². The molecule has 148 valence electrons. The van der Waals surface area contributed by atoms with E-state index in [0.29, 0.717) is 6.54 Å². The largest absolute Gasteiger partial charge is 0.480 e. The fourth-order valence-corrected chi connectivity index (χ4v) is 4.12. The van der Waals surface area contributed by atoms with Gasteiger partial charge in [-0.25, -0.2) is 9.59 Å². The van der Waals surface area contributed by atoms with Crippen molar-refractivity contribution < 1.29 is 19.5 Å². The molecule has 0 spiro atoms. The predicted molar refractivity (Wildman–Crippen MR) is 98.6 cm³/mol. The summed E-state index contributed by atoms with van der Waals surface area (Å²) in [4.78, 5) is 38.8. The van der Waals surface area contributed by atoms with Gasteiger partial charge < -0.3 is 20.6 Å². The van der Waals surface area contributed by atoms with E-state index in [-0.39, 0.29) is 23.2 Å². The van der Waals surface area contributed by atoms with Crippen LogP contribution in [0, 0.1) is 22.7 Å². The van der Waals surface area contributed by atoms with E-state index in [1.807, 2.05) is 41.5 Å². The Kier molecular flexibility index (Phi) is 4.84. The number of amides is 3. The number of hydrogen-bond donors (Lipinski definition) is 3. The Hall–Kier alpha value is -1.79. The first-order valence-electron chi connectivity index (χ1n) is 9.19. The van der Waals surface area contributed by atoms with Gasteiger partial charge in [0.2, 0.25) is 5.91 Å². The highest BCUT2D eigenvalue weighted by Crippen LogP contribution is 2.64. The number of likely N-dealkylation sites (tertiary alicyclic amines) is 1. The number of urea groups is 1. The average molecular weight is 367 g/mol. The molecule has 1 saturated heterocycles. The molecule has 2 rings (SSSR count). The molecule has 2 unspecified atom stereocenters. The van der Waals surface area contributed by atoms with E-state index in [4.69, 9.17) is 0 Å². The molecule has 1 heterocycles. The minimum Gasteiger partial charge on any atom is -0.480 e. The van der Waals surface area contributed by atoms with Crippen LogP contribution in [0.1, 0.15) is 55.4 Å². The molecular weight excluding hydrogens is 334 g/mol. The molecule has 7 heteroatoms. The highest BCUT2D eigenvalue weighted by molar-refractivity contribution is 5.92. The molecule has 0 aromatic rings. The van der Waals surface area contributed by atoms with Crippen molar-refractivity contribution in [1.29, 1.82) is 0 Å². The van der Waals surface area contributed by atoms with Crippen molar-refractivity contribution in [2.24, 2.45) is 22.7 Å². The lowest BCUT2D eigenvalue weighted by atomic mass is 9.85. The fourth-order valence-electron chi connectivity index (χ4n) is 4.12. The van der Waals surface area contributed by atoms with Gasteiger partial charge in [0.25, 0.3) is 0 Å². The summed E-state index contributed by atoms with van der Waals surface area (Å²) in [6.07, 6.45) is 0. The topological polar surface area (TPSA) is 98.7 Å². The van der Waals surface area contributed by atoms with Gasteiger partial charge in [-0.05, 0) is 37.5 Å². The zero-order valence-electron chi connectivity index (χ0n) is 17.1. The van der Waals surface area contributed by atoms with Gasteiger partial charge in [0, 0.05) is 18.0 Å². The first-order valence-corrected chi connectivity index (χ1v) is 9.19. The van der Waals surface area contributed by atoms with Crippen LogP contribution in [-0.4, -0.2) is 52.1 Å². The molecule has 0 aromatic carbocycles. The van der Waals surface area contributed by atoms with E-state index < -0.39 is 35.0 Å². The van der Waals surface area contributed by atoms with Crippen molar-refractivity contribution in [3.05, 3.63) is 0 Å². The zero-order valence-corrected chi connectivity index (χ0v) is 17.1. The molecular formula is C19H33N3O4. The molecule has 3 amide bonds. The number of fused-ring (bicyclic) bond motifs is 1. The second kappa shape index (κ2) is 6.13. The summed E-state index contributed by atoms with van der Waals surface area (Å²) in [5, 5.41) is 15.2. The zero-order chi connectivity index (χ0) is 20.2. The summed E-state index contributed by atoms with van der Waals surface area (Å²) < 4.78 is 0. The Labute approximate surface area is 155 Å². The van der Waals surface area contributed by atoms with Crippen molar-refractivity contribution in [2.75, 3.05) is 6.54 Å². The van der Waals surface area contributed by atoms with Gasteiger partial charge in [-0.2, -0.15) is 0 Å². The molecule has 26 heavy (non-hydrogen) atoms. The summed E-state index contributed by atoms with van der Waals surface area (Å²) in [5.41, 5.74) is -1.02. The Bertz CT molecular complexity index is 615. The predicted octanol–water partition coefficient (Wildman–Crippen LogP) is 2.07. The van der Waals surface area contributed by atoms with Crippen LogP contribution in [0.2, 0.25) is 0 Å². The van der Waals surface area contributed by atoms with E-state index in [2.05, 4.69) is 24.5 Å². The smallest absolute Gasteiger partial charge is 0.326 e. The van der Waals surface area contributed by atoms with Crippen molar-refractivity contribution in [3.63, 3.8) is 0 Å². The van der Waals surface area contributed by atoms with Crippen molar-refractivity contribution >= 4 is 17.9 Å². The maximum Gasteiger partial charge on any atom is 0.326 e. The monoisotopic (exact) mass is 367 g/mol. The number of nitrogens with one attached hydrogen (secondary N) is 2. The molecule has 0 bridgehead atoms. The van der Waals surface area contributed by atoms with E-state index >= 15 is 0 Å². The summed E-state index contributed by atoms with van der Waals surface area (Å²) in [7, 11) is 0. The van der Waals surface area contributed by atoms with Gasteiger partial charge in [-0.1, -0.05) is 34.6 Å². The van der Waals surface area contributed by atoms with E-state index in [1.54, 1.807) is 0 Å². The van der Waals surface area contributed by atoms with Crippen LogP contribution in [0.15, 0.2) is 0 Å². The van der Waals surface area contributed by atoms with Crippen LogP contribution in [-0.2, 0) is 9.59 Å². The van der Waals surface area contributed by atoms with Gasteiger partial charge in [-0.3, -0.25) is 4.79 Å². The molecule has 2 aliphatic rings. The molecule has 0 radical (unpaired) electrons. The third kappa shape index (κ3) is 3.81. The van der Waals surface area contributed by atoms with Crippen LogP contribution >= 0.6 is 0 Å². The summed E-state index contributed by atoms with van der Waals surface area (Å²) >= 11 is 0. The summed E-state index contributed by atoms with van der Waals surface area (Å²) in [6.45, 7) is 15.7. The van der Waals surface area contributed by atoms with Crippen LogP contribution < -0.4 is 10.6 Å². The quantitative estimate of drug-likeness (QED) is 0.711. The van der Waals surface area contributed by atoms with Gasteiger partial charge in [0.05, 0.1) is 0 Å². The Morgan fingerprint density at radius 2 is 1.65 bits per heavy atom. The molecule has 3 N–H and O–H groups in total. The molecule has 1 aliphatic heterocycles. The van der Waals surface area contributed by atoms with E-state index in [0.717, 1.165) is 0 Å². The lowest BCUT2D eigenvalue weighted by Gasteiger charge is -2.37. The number of piperidine rings is 1. The highest BCUT2D eigenvalue weighted by atomic mass is 16.4. The standard InChI is InChI=1S/C19H33N3O4/c1-17(2,3)13(20-16(26)21-18(4,5)6)14(23)22-9-10-11(19(10,7)8)12(22)15(24)25/h10-13H,9H2,1-8H3,(H,24,25)(H2,20,21,26)/t10?,11?,12-,13+/m0/s1.